The summed E-state index contributed by atoms with van der Waals surface area (Å²) in [6.45, 7) is 7.11. The zero-order valence-electron chi connectivity index (χ0n) is 12.3. The van der Waals surface area contributed by atoms with E-state index in [-0.39, 0.29) is 11.8 Å². The smallest absolute Gasteiger partial charge is 0.250 e. The monoisotopic (exact) mass is 272 g/mol. The van der Waals surface area contributed by atoms with E-state index in [0.717, 1.165) is 0 Å². The van der Waals surface area contributed by atoms with E-state index in [1.165, 1.54) is 0 Å². The number of allylic oxidation sites excluding steroid dienone is 2. The van der Waals surface area contributed by atoms with E-state index in [0.29, 0.717) is 22.5 Å². The van der Waals surface area contributed by atoms with Crippen LogP contribution in [-0.4, -0.2) is 11.8 Å². The molecule has 0 aliphatic heterocycles. The lowest BCUT2D eigenvalue weighted by Gasteiger charge is -2.09. The molecule has 0 saturated heterocycles. The molecule has 1 aromatic rings. The molecule has 1 rings (SSSR count). The number of amides is 2. The van der Waals surface area contributed by atoms with Crippen LogP contribution in [0, 0.1) is 0 Å². The van der Waals surface area contributed by atoms with Gasteiger partial charge in [-0.15, -0.1) is 0 Å². The molecule has 4 heteroatoms. The largest absolute Gasteiger partial charge is 0.322 e. The Bertz CT molecular complexity index is 524. The summed E-state index contributed by atoms with van der Waals surface area (Å²) in [7, 11) is 0. The maximum absolute atomic E-state index is 11.8. The lowest BCUT2D eigenvalue weighted by molar-refractivity contribution is -0.113. The molecule has 20 heavy (non-hydrogen) atoms. The van der Waals surface area contributed by atoms with Crippen molar-refractivity contribution in [2.24, 2.45) is 0 Å². The number of anilines is 2. The molecule has 0 saturated carbocycles. The van der Waals surface area contributed by atoms with Crippen molar-refractivity contribution in [3.63, 3.8) is 0 Å². The molecule has 106 valence electrons. The standard InChI is InChI=1S/C16H20N2O2/c1-5-11(3)15(19)17-13-8-7-9-14(10-13)18-16(20)12(4)6-2/h5-10H,1-4H3,(H,17,19)(H,18,20)/b11-5-,12-6-. The first-order valence-electron chi connectivity index (χ1n) is 6.46. The SMILES string of the molecule is C/C=C(/C)C(=O)Nc1cccc(NC(=O)/C(C)=C\C)c1. The van der Waals surface area contributed by atoms with Crippen LogP contribution in [0.2, 0.25) is 0 Å². The van der Waals surface area contributed by atoms with Gasteiger partial charge >= 0.3 is 0 Å². The number of carbonyl (C=O) groups is 2. The number of hydrogen-bond donors (Lipinski definition) is 2. The fourth-order valence-corrected chi connectivity index (χ4v) is 1.40. The number of benzene rings is 1. The molecular formula is C16H20N2O2. The van der Waals surface area contributed by atoms with Crippen molar-refractivity contribution in [1.82, 2.24) is 0 Å². The molecule has 0 unspecified atom stereocenters. The van der Waals surface area contributed by atoms with Crippen molar-refractivity contribution in [2.75, 3.05) is 10.6 Å². The fourth-order valence-electron chi connectivity index (χ4n) is 1.40. The van der Waals surface area contributed by atoms with Crippen LogP contribution in [0.5, 0.6) is 0 Å². The molecular weight excluding hydrogens is 252 g/mol. The van der Waals surface area contributed by atoms with Crippen LogP contribution >= 0.6 is 0 Å². The molecule has 0 aliphatic carbocycles. The third-order valence-electron chi connectivity index (χ3n) is 2.96. The molecule has 0 heterocycles. The topological polar surface area (TPSA) is 58.2 Å². The quantitative estimate of drug-likeness (QED) is 0.824. The molecule has 0 spiro atoms. The van der Waals surface area contributed by atoms with Gasteiger partial charge in [-0.25, -0.2) is 0 Å². The summed E-state index contributed by atoms with van der Waals surface area (Å²) < 4.78 is 0. The lowest BCUT2D eigenvalue weighted by Crippen LogP contribution is -2.14. The van der Waals surface area contributed by atoms with E-state index < -0.39 is 0 Å². The second kappa shape index (κ2) is 7.28. The molecule has 0 aliphatic rings. The summed E-state index contributed by atoms with van der Waals surface area (Å²) in [6, 6.07) is 7.06. The van der Waals surface area contributed by atoms with Gasteiger partial charge in [-0.1, -0.05) is 18.2 Å². The number of carbonyl (C=O) groups excluding carboxylic acids is 2. The normalized spacial score (nSPS) is 12.0. The van der Waals surface area contributed by atoms with E-state index in [1.807, 2.05) is 13.8 Å². The lowest BCUT2D eigenvalue weighted by atomic mass is 10.2. The number of rotatable bonds is 4. The van der Waals surface area contributed by atoms with Crippen molar-refractivity contribution < 1.29 is 9.59 Å². The van der Waals surface area contributed by atoms with Crippen LogP contribution in [0.1, 0.15) is 27.7 Å². The Morgan fingerprint density at radius 1 is 0.900 bits per heavy atom. The maximum Gasteiger partial charge on any atom is 0.250 e. The van der Waals surface area contributed by atoms with Crippen LogP contribution in [0.15, 0.2) is 47.6 Å². The molecule has 0 fully saturated rings. The molecule has 4 nitrogen and oxygen atoms in total. The van der Waals surface area contributed by atoms with Gasteiger partial charge in [0, 0.05) is 22.5 Å². The first kappa shape index (κ1) is 15.7. The highest BCUT2D eigenvalue weighted by molar-refractivity contribution is 6.05. The summed E-state index contributed by atoms with van der Waals surface area (Å²) in [4.78, 5) is 23.5. The summed E-state index contributed by atoms with van der Waals surface area (Å²) in [6.07, 6.45) is 3.49. The van der Waals surface area contributed by atoms with E-state index in [1.54, 1.807) is 50.3 Å². The van der Waals surface area contributed by atoms with E-state index in [4.69, 9.17) is 0 Å². The highest BCUT2D eigenvalue weighted by Gasteiger charge is 2.06. The minimum absolute atomic E-state index is 0.152. The molecule has 2 amide bonds. The van der Waals surface area contributed by atoms with Crippen molar-refractivity contribution in [2.45, 2.75) is 27.7 Å². The minimum Gasteiger partial charge on any atom is -0.322 e. The number of nitrogens with one attached hydrogen (secondary N) is 2. The van der Waals surface area contributed by atoms with E-state index >= 15 is 0 Å². The van der Waals surface area contributed by atoms with Crippen molar-refractivity contribution in [3.8, 4) is 0 Å². The summed E-state index contributed by atoms with van der Waals surface area (Å²) in [5.41, 5.74) is 2.58. The van der Waals surface area contributed by atoms with E-state index in [2.05, 4.69) is 10.6 Å². The molecule has 0 bridgehead atoms. The van der Waals surface area contributed by atoms with Gasteiger partial charge in [-0.3, -0.25) is 9.59 Å². The predicted octanol–water partition coefficient (Wildman–Crippen LogP) is 3.50. The third-order valence-corrected chi connectivity index (χ3v) is 2.96. The van der Waals surface area contributed by atoms with Gasteiger partial charge in [-0.05, 0) is 45.9 Å². The van der Waals surface area contributed by atoms with Crippen molar-refractivity contribution in [3.05, 3.63) is 47.6 Å². The van der Waals surface area contributed by atoms with Gasteiger partial charge in [0.25, 0.3) is 11.8 Å². The van der Waals surface area contributed by atoms with Crippen molar-refractivity contribution in [1.29, 1.82) is 0 Å². The van der Waals surface area contributed by atoms with Crippen LogP contribution in [0.4, 0.5) is 11.4 Å². The van der Waals surface area contributed by atoms with Gasteiger partial charge in [-0.2, -0.15) is 0 Å². The Labute approximate surface area is 119 Å². The first-order valence-corrected chi connectivity index (χ1v) is 6.46. The highest BCUT2D eigenvalue weighted by Crippen LogP contribution is 2.16. The number of hydrogen-bond acceptors (Lipinski definition) is 2. The van der Waals surface area contributed by atoms with Gasteiger partial charge < -0.3 is 10.6 Å². The zero-order chi connectivity index (χ0) is 15.1. The summed E-state index contributed by atoms with van der Waals surface area (Å²) in [5, 5.41) is 5.55. The van der Waals surface area contributed by atoms with Crippen molar-refractivity contribution >= 4 is 23.2 Å². The molecule has 1 aromatic carbocycles. The molecule has 0 atom stereocenters. The zero-order valence-corrected chi connectivity index (χ0v) is 12.3. The maximum atomic E-state index is 11.8. The average Bonchev–Trinajstić information content (AvgIpc) is 2.45. The molecule has 0 radical (unpaired) electrons. The average molecular weight is 272 g/mol. The first-order chi connectivity index (χ1) is 9.47. The summed E-state index contributed by atoms with van der Waals surface area (Å²) in [5.74, 6) is -0.304. The Hall–Kier alpha value is -2.36. The Balaban J connectivity index is 2.81. The van der Waals surface area contributed by atoms with Gasteiger partial charge in [0.2, 0.25) is 0 Å². The predicted molar refractivity (Wildman–Crippen MR) is 82.6 cm³/mol. The minimum atomic E-state index is -0.152. The van der Waals surface area contributed by atoms with E-state index in [9.17, 15) is 9.59 Å². The Kier molecular flexibility index (Phi) is 5.72. The highest BCUT2D eigenvalue weighted by atomic mass is 16.2. The molecule has 0 aromatic heterocycles. The second-order valence-corrected chi connectivity index (χ2v) is 4.43. The van der Waals surface area contributed by atoms with Crippen LogP contribution < -0.4 is 10.6 Å². The van der Waals surface area contributed by atoms with Crippen LogP contribution in [0.3, 0.4) is 0 Å². The Morgan fingerprint density at radius 2 is 1.30 bits per heavy atom. The summed E-state index contributed by atoms with van der Waals surface area (Å²) >= 11 is 0. The molecule has 2 N–H and O–H groups in total. The van der Waals surface area contributed by atoms with Gasteiger partial charge in [0.15, 0.2) is 0 Å². The van der Waals surface area contributed by atoms with Gasteiger partial charge in [0.05, 0.1) is 0 Å². The third kappa shape index (κ3) is 4.39. The Morgan fingerprint density at radius 3 is 1.65 bits per heavy atom. The fraction of sp³-hybridized carbons (Fsp3) is 0.250. The van der Waals surface area contributed by atoms with Gasteiger partial charge in [0.1, 0.15) is 0 Å². The second-order valence-electron chi connectivity index (χ2n) is 4.43. The van der Waals surface area contributed by atoms with Crippen LogP contribution in [0.25, 0.3) is 0 Å². The van der Waals surface area contributed by atoms with Crippen LogP contribution in [-0.2, 0) is 9.59 Å².